The van der Waals surface area contributed by atoms with Crippen LogP contribution >= 0.6 is 15.9 Å². The maximum absolute atomic E-state index is 11.7. The largest absolute Gasteiger partial charge is 0.399 e. The van der Waals surface area contributed by atoms with Crippen LogP contribution in [0.5, 0.6) is 0 Å². The number of rotatable bonds is 4. The minimum atomic E-state index is -3.12. The van der Waals surface area contributed by atoms with Gasteiger partial charge in [0, 0.05) is 28.4 Å². The van der Waals surface area contributed by atoms with Crippen molar-refractivity contribution < 1.29 is 13.2 Å². The number of nitrogens with two attached hydrogens (primary N) is 1. The fourth-order valence-electron chi connectivity index (χ4n) is 1.17. The summed E-state index contributed by atoms with van der Waals surface area (Å²) in [7, 11) is -3.12. The van der Waals surface area contributed by atoms with Crippen LogP contribution in [0, 0.1) is 0 Å². The van der Waals surface area contributed by atoms with Crippen molar-refractivity contribution in [2.75, 3.05) is 17.7 Å². The summed E-state index contributed by atoms with van der Waals surface area (Å²) < 4.78 is 22.5. The third kappa shape index (κ3) is 3.94. The molecule has 0 heterocycles. The van der Waals surface area contributed by atoms with Crippen LogP contribution in [-0.2, 0) is 9.84 Å². The normalized spacial score (nSPS) is 11.4. The summed E-state index contributed by atoms with van der Waals surface area (Å²) >= 11 is 3.23. The summed E-state index contributed by atoms with van der Waals surface area (Å²) in [6.07, 6.45) is 1.08. The summed E-state index contributed by atoms with van der Waals surface area (Å²) in [6.45, 7) is 0. The van der Waals surface area contributed by atoms with Crippen LogP contribution in [0.4, 0.5) is 5.69 Å². The highest BCUT2D eigenvalue weighted by Gasteiger charge is 2.13. The third-order valence-electron chi connectivity index (χ3n) is 1.99. The van der Waals surface area contributed by atoms with Crippen molar-refractivity contribution in [3.8, 4) is 0 Å². The van der Waals surface area contributed by atoms with Gasteiger partial charge in [-0.25, -0.2) is 8.42 Å². The third-order valence-corrected chi connectivity index (χ3v) is 3.63. The van der Waals surface area contributed by atoms with Crippen LogP contribution < -0.4 is 5.73 Å². The number of carbonyl (C=O) groups is 1. The number of hydrogen-bond donors (Lipinski definition) is 1. The van der Waals surface area contributed by atoms with E-state index in [0.717, 1.165) is 6.26 Å². The molecule has 0 saturated carbocycles. The molecule has 4 nitrogen and oxygen atoms in total. The fraction of sp³-hybridized carbons (Fsp3) is 0.300. The van der Waals surface area contributed by atoms with Crippen LogP contribution in [-0.4, -0.2) is 26.2 Å². The molecular formula is C10H12BrNO3S. The second kappa shape index (κ2) is 4.97. The maximum atomic E-state index is 11.7. The number of nitrogen functional groups attached to an aromatic ring is 1. The molecule has 1 aromatic carbocycles. The molecule has 0 bridgehead atoms. The Bertz CT molecular complexity index is 511. The second-order valence-corrected chi connectivity index (χ2v) is 6.66. The minimum absolute atomic E-state index is 0.0269. The lowest BCUT2D eigenvalue weighted by Gasteiger charge is -2.04. The Kier molecular flexibility index (Phi) is 4.09. The summed E-state index contributed by atoms with van der Waals surface area (Å²) in [5, 5.41) is 0. The van der Waals surface area contributed by atoms with E-state index in [2.05, 4.69) is 15.9 Å². The molecule has 0 aliphatic carbocycles. The lowest BCUT2D eigenvalue weighted by atomic mass is 10.1. The predicted molar refractivity (Wildman–Crippen MR) is 67.2 cm³/mol. The van der Waals surface area contributed by atoms with Crippen molar-refractivity contribution in [1.29, 1.82) is 0 Å². The molecule has 0 aromatic heterocycles. The SMILES string of the molecule is CS(=O)(=O)CCC(=O)c1cc(N)ccc1Br. The first kappa shape index (κ1) is 13.2. The van der Waals surface area contributed by atoms with Gasteiger partial charge >= 0.3 is 0 Å². The van der Waals surface area contributed by atoms with Crippen molar-refractivity contribution in [2.45, 2.75) is 6.42 Å². The zero-order chi connectivity index (χ0) is 12.3. The summed E-state index contributed by atoms with van der Waals surface area (Å²) in [6, 6.07) is 4.87. The molecule has 0 spiro atoms. The highest BCUT2D eigenvalue weighted by molar-refractivity contribution is 9.10. The van der Waals surface area contributed by atoms with E-state index in [-0.39, 0.29) is 18.0 Å². The van der Waals surface area contributed by atoms with Gasteiger partial charge < -0.3 is 5.73 Å². The Labute approximate surface area is 103 Å². The van der Waals surface area contributed by atoms with Gasteiger partial charge in [0.1, 0.15) is 9.84 Å². The lowest BCUT2D eigenvalue weighted by Crippen LogP contribution is -2.10. The first-order chi connectivity index (χ1) is 7.29. The van der Waals surface area contributed by atoms with Gasteiger partial charge in [-0.3, -0.25) is 4.79 Å². The van der Waals surface area contributed by atoms with Crippen LogP contribution in [0.2, 0.25) is 0 Å². The first-order valence-electron chi connectivity index (χ1n) is 4.55. The molecule has 1 aromatic rings. The number of anilines is 1. The van der Waals surface area contributed by atoms with Gasteiger partial charge in [0.15, 0.2) is 5.78 Å². The molecule has 2 N–H and O–H groups in total. The topological polar surface area (TPSA) is 77.2 Å². The number of halogens is 1. The number of benzene rings is 1. The Hall–Kier alpha value is -0.880. The Morgan fingerprint density at radius 1 is 1.44 bits per heavy atom. The standard InChI is InChI=1S/C10H12BrNO3S/c1-16(14,15)5-4-10(13)8-6-7(12)2-3-9(8)11/h2-3,6H,4-5,12H2,1H3. The molecule has 0 radical (unpaired) electrons. The van der Waals surface area contributed by atoms with E-state index in [1.165, 1.54) is 6.07 Å². The molecule has 88 valence electrons. The molecule has 0 aliphatic heterocycles. The number of Topliss-reactive ketones (excluding diaryl/α,β-unsaturated/α-hetero) is 1. The summed E-state index contributed by atoms with van der Waals surface area (Å²) in [5.74, 6) is -0.378. The average molecular weight is 306 g/mol. The maximum Gasteiger partial charge on any atom is 0.165 e. The fourth-order valence-corrected chi connectivity index (χ4v) is 2.19. The summed E-state index contributed by atoms with van der Waals surface area (Å²) in [5.41, 5.74) is 6.45. The number of ketones is 1. The average Bonchev–Trinajstić information content (AvgIpc) is 2.17. The van der Waals surface area contributed by atoms with Gasteiger partial charge in [0.25, 0.3) is 0 Å². The van der Waals surface area contributed by atoms with Gasteiger partial charge in [0.2, 0.25) is 0 Å². The minimum Gasteiger partial charge on any atom is -0.399 e. The Morgan fingerprint density at radius 3 is 2.62 bits per heavy atom. The van der Waals surface area contributed by atoms with Crippen molar-refractivity contribution in [2.24, 2.45) is 0 Å². The van der Waals surface area contributed by atoms with E-state index >= 15 is 0 Å². The van der Waals surface area contributed by atoms with Crippen LogP contribution in [0.1, 0.15) is 16.8 Å². The molecule has 0 unspecified atom stereocenters. The molecule has 0 fully saturated rings. The van der Waals surface area contributed by atoms with Crippen LogP contribution in [0.15, 0.2) is 22.7 Å². The quantitative estimate of drug-likeness (QED) is 0.678. The second-order valence-electron chi connectivity index (χ2n) is 3.54. The molecule has 0 atom stereocenters. The first-order valence-corrected chi connectivity index (χ1v) is 7.41. The monoisotopic (exact) mass is 305 g/mol. The number of carbonyl (C=O) groups excluding carboxylic acids is 1. The van der Waals surface area contributed by atoms with Gasteiger partial charge in [-0.05, 0) is 18.2 Å². The van der Waals surface area contributed by atoms with Gasteiger partial charge in [0.05, 0.1) is 5.75 Å². The zero-order valence-corrected chi connectivity index (χ0v) is 11.1. The lowest BCUT2D eigenvalue weighted by molar-refractivity contribution is 0.0988. The van der Waals surface area contributed by atoms with Gasteiger partial charge in [-0.15, -0.1) is 0 Å². The van der Waals surface area contributed by atoms with E-state index in [0.29, 0.717) is 15.7 Å². The number of hydrogen-bond acceptors (Lipinski definition) is 4. The highest BCUT2D eigenvalue weighted by Crippen LogP contribution is 2.21. The van der Waals surface area contributed by atoms with E-state index in [1.807, 2.05) is 0 Å². The molecule has 0 amide bonds. The number of sulfone groups is 1. The molecule has 6 heteroatoms. The highest BCUT2D eigenvalue weighted by atomic mass is 79.9. The zero-order valence-electron chi connectivity index (χ0n) is 8.73. The van der Waals surface area contributed by atoms with Gasteiger partial charge in [-0.1, -0.05) is 15.9 Å². The molecule has 1 rings (SSSR count). The van der Waals surface area contributed by atoms with Crippen molar-refractivity contribution in [1.82, 2.24) is 0 Å². The smallest absolute Gasteiger partial charge is 0.165 e. The summed E-state index contributed by atoms with van der Waals surface area (Å²) in [4.78, 5) is 11.7. The Balaban J connectivity index is 2.85. The van der Waals surface area contributed by atoms with E-state index in [1.54, 1.807) is 12.1 Å². The molecule has 0 aliphatic rings. The van der Waals surface area contributed by atoms with Gasteiger partial charge in [-0.2, -0.15) is 0 Å². The van der Waals surface area contributed by atoms with Crippen molar-refractivity contribution in [3.05, 3.63) is 28.2 Å². The van der Waals surface area contributed by atoms with E-state index < -0.39 is 9.84 Å². The molecule has 0 saturated heterocycles. The Morgan fingerprint density at radius 2 is 2.06 bits per heavy atom. The van der Waals surface area contributed by atoms with Crippen molar-refractivity contribution in [3.63, 3.8) is 0 Å². The van der Waals surface area contributed by atoms with E-state index in [4.69, 9.17) is 5.73 Å². The van der Waals surface area contributed by atoms with Crippen LogP contribution in [0.25, 0.3) is 0 Å². The van der Waals surface area contributed by atoms with Crippen molar-refractivity contribution >= 4 is 37.2 Å². The molecule has 16 heavy (non-hydrogen) atoms. The predicted octanol–water partition coefficient (Wildman–Crippen LogP) is 1.65. The van der Waals surface area contributed by atoms with Crippen LogP contribution in [0.3, 0.4) is 0 Å². The van der Waals surface area contributed by atoms with E-state index in [9.17, 15) is 13.2 Å². The molecular weight excluding hydrogens is 294 g/mol.